The second kappa shape index (κ2) is 8.84. The van der Waals surface area contributed by atoms with E-state index < -0.39 is 26.0 Å². The van der Waals surface area contributed by atoms with Gasteiger partial charge in [-0.3, -0.25) is 4.79 Å². The van der Waals surface area contributed by atoms with Gasteiger partial charge in [-0.1, -0.05) is 12.1 Å². The molecule has 10 nitrogen and oxygen atoms in total. The van der Waals surface area contributed by atoms with Crippen molar-refractivity contribution in [2.24, 2.45) is 34.0 Å². The van der Waals surface area contributed by atoms with Crippen LogP contribution in [0.15, 0.2) is 50.3 Å². The van der Waals surface area contributed by atoms with E-state index >= 15 is 0 Å². The Morgan fingerprint density at radius 2 is 1.88 bits per heavy atom. The molecule has 3 N–H and O–H groups in total. The molecule has 0 radical (unpaired) electrons. The summed E-state index contributed by atoms with van der Waals surface area (Å²) in [4.78, 5) is 15.7. The van der Waals surface area contributed by atoms with Gasteiger partial charge in [-0.2, -0.15) is 8.42 Å². The van der Waals surface area contributed by atoms with Gasteiger partial charge in [0.15, 0.2) is 5.84 Å². The van der Waals surface area contributed by atoms with Gasteiger partial charge in [0.05, 0.1) is 6.26 Å². The standard InChI is InChI=1S/C26H27FN4O6S3/c1-39(34,35)28-9-13-11-38-25-23(13)40(36,37)30-24(29-25)20-22(32)19-15-6-7-16(18-8-17(15)18)21(19)31(26(20)33)10-12-2-4-14(27)5-3-12/h2-5,11,15-19,21,28,32H,6-10H2,1H3,(H,29,30). The fourth-order valence-electron chi connectivity index (χ4n) is 7.44. The number of nitrogens with zero attached hydrogens (tertiary/aromatic N) is 2. The van der Waals surface area contributed by atoms with E-state index in [1.165, 1.54) is 17.5 Å². The Bertz CT molecular complexity index is 1720. The molecule has 40 heavy (non-hydrogen) atoms. The van der Waals surface area contributed by atoms with E-state index in [-0.39, 0.29) is 75.3 Å². The van der Waals surface area contributed by atoms with Crippen LogP contribution in [0.4, 0.5) is 9.39 Å². The van der Waals surface area contributed by atoms with Gasteiger partial charge in [0.1, 0.15) is 27.0 Å². The van der Waals surface area contributed by atoms with Crippen molar-refractivity contribution in [2.45, 2.75) is 43.3 Å². The van der Waals surface area contributed by atoms with Gasteiger partial charge in [-0.25, -0.2) is 17.5 Å². The molecule has 0 spiro atoms. The first-order chi connectivity index (χ1) is 18.9. The van der Waals surface area contributed by atoms with E-state index in [1.807, 2.05) is 0 Å². The number of rotatable bonds is 6. The van der Waals surface area contributed by atoms with Gasteiger partial charge in [0.2, 0.25) is 10.0 Å². The number of amides is 1. The van der Waals surface area contributed by atoms with Gasteiger partial charge in [-0.15, -0.1) is 15.7 Å². The van der Waals surface area contributed by atoms with Crippen molar-refractivity contribution < 1.29 is 31.1 Å². The Morgan fingerprint density at radius 1 is 1.18 bits per heavy atom. The number of aliphatic hydroxyl groups excluding tert-OH is 1. The summed E-state index contributed by atoms with van der Waals surface area (Å²) in [6.07, 6.45) is 3.96. The van der Waals surface area contributed by atoms with Crippen LogP contribution in [-0.4, -0.2) is 50.9 Å². The lowest BCUT2D eigenvalue weighted by Crippen LogP contribution is -2.60. The summed E-state index contributed by atoms with van der Waals surface area (Å²) in [5, 5.41) is 16.3. The maximum absolute atomic E-state index is 14.1. The molecule has 6 aliphatic rings. The number of carbonyl (C=O) groups excluding carboxylic acids is 1. The Balaban J connectivity index is 1.29. The quantitative estimate of drug-likeness (QED) is 0.459. The average Bonchev–Trinajstić information content (AvgIpc) is 3.61. The highest BCUT2D eigenvalue weighted by molar-refractivity contribution is 7.91. The van der Waals surface area contributed by atoms with Crippen molar-refractivity contribution in [2.75, 3.05) is 11.6 Å². The number of aliphatic hydroxyl groups is 1. The molecule has 1 amide bonds. The summed E-state index contributed by atoms with van der Waals surface area (Å²) in [7, 11) is -7.89. The van der Waals surface area contributed by atoms with E-state index in [9.17, 15) is 31.1 Å². The van der Waals surface area contributed by atoms with E-state index in [1.54, 1.807) is 17.0 Å². The number of hydrogen-bond donors (Lipinski definition) is 3. The third kappa shape index (κ3) is 4.10. The Morgan fingerprint density at radius 3 is 2.60 bits per heavy atom. The first-order valence-electron chi connectivity index (χ1n) is 13.1. The average molecular weight is 607 g/mol. The molecule has 6 atom stereocenters. The zero-order valence-electron chi connectivity index (χ0n) is 21.4. The molecule has 1 aromatic carbocycles. The normalized spacial score (nSPS) is 31.7. The molecule has 212 valence electrons. The molecule has 2 aliphatic heterocycles. The van der Waals surface area contributed by atoms with E-state index in [4.69, 9.17) is 0 Å². The molecule has 4 aliphatic carbocycles. The van der Waals surface area contributed by atoms with Crippen LogP contribution in [0.5, 0.6) is 0 Å². The van der Waals surface area contributed by atoms with Crippen LogP contribution in [0.3, 0.4) is 0 Å². The highest BCUT2D eigenvalue weighted by atomic mass is 32.2. The van der Waals surface area contributed by atoms with Gasteiger partial charge < -0.3 is 15.3 Å². The monoisotopic (exact) mass is 606 g/mol. The highest BCUT2D eigenvalue weighted by Gasteiger charge is 2.65. The first-order valence-corrected chi connectivity index (χ1v) is 17.3. The molecule has 4 fully saturated rings. The minimum absolute atomic E-state index is 0.120. The second-order valence-electron chi connectivity index (χ2n) is 11.4. The van der Waals surface area contributed by atoms with Crippen molar-refractivity contribution in [3.05, 3.63) is 57.9 Å². The van der Waals surface area contributed by atoms with E-state index in [2.05, 4.69) is 14.4 Å². The molecule has 8 rings (SSSR count). The number of halogens is 1. The number of nitrogens with one attached hydrogen (secondary N) is 2. The molecule has 6 unspecified atom stereocenters. The van der Waals surface area contributed by atoms with Crippen LogP contribution in [-0.2, 0) is 37.9 Å². The number of amidine groups is 1. The topological polar surface area (TPSA) is 145 Å². The molecule has 14 heteroatoms. The smallest absolute Gasteiger partial charge is 0.287 e. The molecule has 2 aromatic rings. The molecule has 0 saturated heterocycles. The lowest BCUT2D eigenvalue weighted by Gasteiger charge is -2.54. The zero-order chi connectivity index (χ0) is 28.1. The van der Waals surface area contributed by atoms with Gasteiger partial charge in [-0.05, 0) is 66.0 Å². The number of thiophene rings is 1. The van der Waals surface area contributed by atoms with Crippen LogP contribution in [0.25, 0.3) is 0 Å². The molecular weight excluding hydrogens is 580 g/mol. The number of fused-ring (bicyclic) bond motifs is 2. The zero-order valence-corrected chi connectivity index (χ0v) is 23.8. The predicted octanol–water partition coefficient (Wildman–Crippen LogP) is 2.96. The number of sulfonamides is 2. The number of benzene rings is 1. The highest BCUT2D eigenvalue weighted by Crippen LogP contribution is 2.67. The third-order valence-corrected chi connectivity index (χ3v) is 12.2. The molecule has 3 heterocycles. The second-order valence-corrected chi connectivity index (χ2v) is 15.6. The summed E-state index contributed by atoms with van der Waals surface area (Å²) in [6, 6.07) is 5.71. The van der Waals surface area contributed by atoms with E-state index in [0.29, 0.717) is 11.8 Å². The fraction of sp³-hybridized carbons (Fsp3) is 0.462. The fourth-order valence-corrected chi connectivity index (χ4v) is 10.5. The Kier molecular flexibility index (Phi) is 5.77. The minimum Gasteiger partial charge on any atom is -0.511 e. The van der Waals surface area contributed by atoms with Crippen molar-refractivity contribution in [3.63, 3.8) is 0 Å². The summed E-state index contributed by atoms with van der Waals surface area (Å²) in [5.74, 6) is -0.153. The maximum Gasteiger partial charge on any atom is 0.287 e. The van der Waals surface area contributed by atoms with Crippen LogP contribution in [0.2, 0.25) is 0 Å². The first kappa shape index (κ1) is 26.1. The number of carbonyl (C=O) groups is 1. The number of anilines is 1. The Labute approximate surface area is 235 Å². The van der Waals surface area contributed by atoms with Gasteiger partial charge in [0.25, 0.3) is 15.9 Å². The lowest BCUT2D eigenvalue weighted by molar-refractivity contribution is -0.140. The Hall–Kier alpha value is -2.81. The molecule has 2 bridgehead atoms. The van der Waals surface area contributed by atoms with Crippen LogP contribution in [0, 0.1) is 35.4 Å². The van der Waals surface area contributed by atoms with Crippen molar-refractivity contribution in [1.29, 1.82) is 0 Å². The minimum atomic E-state index is -4.32. The summed E-state index contributed by atoms with van der Waals surface area (Å²) < 4.78 is 69.7. The molecule has 1 aromatic heterocycles. The lowest BCUT2D eigenvalue weighted by atomic mass is 9.59. The van der Waals surface area contributed by atoms with Crippen molar-refractivity contribution in [3.8, 4) is 0 Å². The third-order valence-electron chi connectivity index (χ3n) is 9.04. The van der Waals surface area contributed by atoms with Crippen LogP contribution < -0.4 is 10.0 Å². The van der Waals surface area contributed by atoms with Gasteiger partial charge >= 0.3 is 0 Å². The maximum atomic E-state index is 14.1. The summed E-state index contributed by atoms with van der Waals surface area (Å²) >= 11 is 1.05. The van der Waals surface area contributed by atoms with Crippen LogP contribution >= 0.6 is 11.3 Å². The van der Waals surface area contributed by atoms with Crippen molar-refractivity contribution in [1.82, 2.24) is 9.62 Å². The van der Waals surface area contributed by atoms with Crippen LogP contribution in [0.1, 0.15) is 30.4 Å². The largest absolute Gasteiger partial charge is 0.511 e. The summed E-state index contributed by atoms with van der Waals surface area (Å²) in [6.45, 7) is -0.0343. The molecular formula is C26H27FN4O6S3. The summed E-state index contributed by atoms with van der Waals surface area (Å²) in [5.41, 5.74) is 0.806. The predicted molar refractivity (Wildman–Crippen MR) is 146 cm³/mol. The van der Waals surface area contributed by atoms with Gasteiger partial charge in [0, 0.05) is 30.6 Å². The number of hydrogen-bond acceptors (Lipinski definition) is 8. The van der Waals surface area contributed by atoms with Crippen molar-refractivity contribution >= 4 is 48.1 Å². The SMILES string of the molecule is CS(=O)(=O)NCc1csc2c1S(=O)(=O)N=C(C1=C(O)C3C4CCC(C5CC54)C3N(Cc3ccc(F)cc3)C1=O)N2. The van der Waals surface area contributed by atoms with E-state index in [0.717, 1.165) is 42.4 Å². The molecule has 4 saturated carbocycles.